The van der Waals surface area contributed by atoms with Crippen molar-refractivity contribution in [3.05, 3.63) is 36.2 Å². The Morgan fingerprint density at radius 1 is 1.29 bits per heavy atom. The molecule has 0 amide bonds. The summed E-state index contributed by atoms with van der Waals surface area (Å²) in [6, 6.07) is 1.77. The van der Waals surface area contributed by atoms with Crippen molar-refractivity contribution in [3.63, 3.8) is 0 Å². The third-order valence-electron chi connectivity index (χ3n) is 1.65. The number of hydrogen-bond acceptors (Lipinski definition) is 4. The van der Waals surface area contributed by atoms with Gasteiger partial charge in [-0.25, -0.2) is 14.6 Å². The average Bonchev–Trinajstić information content (AvgIpc) is 2.67. The number of hydrogen-bond donors (Lipinski definition) is 0. The molecule has 5 nitrogen and oxygen atoms in total. The minimum Gasteiger partial charge on any atom is -0.245 e. The molecule has 0 aliphatic rings. The lowest BCUT2D eigenvalue weighted by molar-refractivity contribution is 0.624. The fourth-order valence-electron chi connectivity index (χ4n) is 1.03. The van der Waals surface area contributed by atoms with Gasteiger partial charge in [0.15, 0.2) is 0 Å². The monoisotopic (exact) mass is 209 g/mol. The lowest BCUT2D eigenvalue weighted by Gasteiger charge is -1.96. The molecule has 0 atom stereocenters. The molecule has 0 aliphatic heterocycles. The van der Waals surface area contributed by atoms with E-state index in [1.807, 2.05) is 0 Å². The van der Waals surface area contributed by atoms with Crippen LogP contribution in [0.15, 0.2) is 24.7 Å². The van der Waals surface area contributed by atoms with Gasteiger partial charge in [0.1, 0.15) is 12.4 Å². The summed E-state index contributed by atoms with van der Waals surface area (Å²) in [6.45, 7) is 0.519. The Balaban J connectivity index is 2.11. The van der Waals surface area contributed by atoms with Gasteiger partial charge in [0.25, 0.3) is 0 Å². The van der Waals surface area contributed by atoms with Crippen LogP contribution in [0.25, 0.3) is 0 Å². The summed E-state index contributed by atoms with van der Waals surface area (Å²) < 4.78 is 1.66. The van der Waals surface area contributed by atoms with E-state index in [4.69, 9.17) is 11.6 Å². The largest absolute Gasteiger partial charge is 0.245 e. The number of aromatic nitrogens is 5. The zero-order chi connectivity index (χ0) is 9.80. The van der Waals surface area contributed by atoms with Gasteiger partial charge in [0, 0.05) is 12.4 Å². The van der Waals surface area contributed by atoms with Crippen molar-refractivity contribution in [1.82, 2.24) is 25.0 Å². The van der Waals surface area contributed by atoms with Crippen LogP contribution in [0.5, 0.6) is 0 Å². The van der Waals surface area contributed by atoms with Crippen LogP contribution < -0.4 is 0 Å². The van der Waals surface area contributed by atoms with Crippen molar-refractivity contribution in [1.29, 1.82) is 0 Å². The summed E-state index contributed by atoms with van der Waals surface area (Å²) in [5, 5.41) is 7.74. The molecular formula is C8H8ClN5. The van der Waals surface area contributed by atoms with Crippen LogP contribution in [0.4, 0.5) is 0 Å². The predicted molar refractivity (Wildman–Crippen MR) is 50.7 cm³/mol. The Morgan fingerprint density at radius 2 is 2.07 bits per heavy atom. The highest BCUT2D eigenvalue weighted by Crippen LogP contribution is 1.99. The van der Waals surface area contributed by atoms with Crippen LogP contribution >= 0.6 is 11.6 Å². The highest BCUT2D eigenvalue weighted by Gasteiger charge is 2.00. The molecule has 0 saturated carbocycles. The fourth-order valence-corrected chi connectivity index (χ4v) is 1.16. The second-order valence-electron chi connectivity index (χ2n) is 2.71. The average molecular weight is 210 g/mol. The van der Waals surface area contributed by atoms with E-state index in [0.717, 1.165) is 5.69 Å². The minimum atomic E-state index is 0.371. The zero-order valence-corrected chi connectivity index (χ0v) is 8.09. The van der Waals surface area contributed by atoms with E-state index in [1.165, 1.54) is 0 Å². The third-order valence-corrected chi connectivity index (χ3v) is 1.92. The lowest BCUT2D eigenvalue weighted by atomic mass is 10.5. The van der Waals surface area contributed by atoms with Crippen molar-refractivity contribution < 1.29 is 0 Å². The Hall–Kier alpha value is -1.49. The van der Waals surface area contributed by atoms with Gasteiger partial charge in [-0.3, -0.25) is 0 Å². The zero-order valence-electron chi connectivity index (χ0n) is 7.34. The Morgan fingerprint density at radius 3 is 2.71 bits per heavy atom. The number of nitrogens with zero attached hydrogens (tertiary/aromatic N) is 5. The molecule has 2 aromatic heterocycles. The second-order valence-corrected chi connectivity index (χ2v) is 2.97. The first-order valence-electron chi connectivity index (χ1n) is 4.09. The maximum atomic E-state index is 5.60. The summed E-state index contributed by atoms with van der Waals surface area (Å²) in [5.41, 5.74) is 0.752. The number of alkyl halides is 1. The highest BCUT2D eigenvalue weighted by molar-refractivity contribution is 6.16. The van der Waals surface area contributed by atoms with Gasteiger partial charge in [-0.15, -0.1) is 16.7 Å². The van der Waals surface area contributed by atoms with Gasteiger partial charge in [-0.05, 0) is 6.07 Å². The van der Waals surface area contributed by atoms with E-state index >= 15 is 0 Å². The highest BCUT2D eigenvalue weighted by atomic mass is 35.5. The van der Waals surface area contributed by atoms with E-state index < -0.39 is 0 Å². The third kappa shape index (κ3) is 2.05. The standard InChI is InChI=1S/C8H8ClN5/c9-4-7-5-14(13-12-7)6-8-10-2-1-3-11-8/h1-3,5H,4,6H2. The SMILES string of the molecule is ClCc1cn(Cc2ncccn2)nn1. The quantitative estimate of drug-likeness (QED) is 0.704. The molecule has 2 heterocycles. The summed E-state index contributed by atoms with van der Waals surface area (Å²) >= 11 is 5.60. The molecule has 0 aliphatic carbocycles. The van der Waals surface area contributed by atoms with Gasteiger partial charge in [0.2, 0.25) is 0 Å². The Labute approximate surface area is 85.8 Å². The van der Waals surface area contributed by atoms with E-state index in [9.17, 15) is 0 Å². The first-order valence-corrected chi connectivity index (χ1v) is 4.63. The first kappa shape index (κ1) is 9.08. The Kier molecular flexibility index (Phi) is 2.69. The molecule has 72 valence electrons. The molecule has 0 fully saturated rings. The maximum Gasteiger partial charge on any atom is 0.149 e. The molecule has 2 aromatic rings. The molecule has 0 aromatic carbocycles. The summed E-state index contributed by atoms with van der Waals surface area (Å²) in [7, 11) is 0. The van der Waals surface area contributed by atoms with Gasteiger partial charge in [0.05, 0.1) is 17.8 Å². The van der Waals surface area contributed by atoms with E-state index in [2.05, 4.69) is 20.3 Å². The van der Waals surface area contributed by atoms with Gasteiger partial charge in [-0.2, -0.15) is 0 Å². The number of halogens is 1. The van der Waals surface area contributed by atoms with Crippen LogP contribution in [0, 0.1) is 0 Å². The molecule has 0 spiro atoms. The van der Waals surface area contributed by atoms with Gasteiger partial charge >= 0.3 is 0 Å². The molecular weight excluding hydrogens is 202 g/mol. The van der Waals surface area contributed by atoms with Crippen LogP contribution in [-0.2, 0) is 12.4 Å². The molecule has 0 N–H and O–H groups in total. The van der Waals surface area contributed by atoms with Crippen LogP contribution in [0.3, 0.4) is 0 Å². The molecule has 14 heavy (non-hydrogen) atoms. The van der Waals surface area contributed by atoms with Crippen molar-refractivity contribution in [3.8, 4) is 0 Å². The van der Waals surface area contributed by atoms with Gasteiger partial charge in [-0.1, -0.05) is 5.21 Å². The molecule has 6 heteroatoms. The van der Waals surface area contributed by atoms with E-state index in [-0.39, 0.29) is 0 Å². The van der Waals surface area contributed by atoms with Crippen molar-refractivity contribution in [2.45, 2.75) is 12.4 Å². The van der Waals surface area contributed by atoms with Crippen molar-refractivity contribution >= 4 is 11.6 Å². The molecule has 2 rings (SSSR count). The minimum absolute atomic E-state index is 0.371. The number of rotatable bonds is 3. The maximum absolute atomic E-state index is 5.60. The molecule has 0 bridgehead atoms. The van der Waals surface area contributed by atoms with Crippen molar-refractivity contribution in [2.75, 3.05) is 0 Å². The summed E-state index contributed by atoms with van der Waals surface area (Å²) in [5.74, 6) is 1.08. The molecule has 0 unspecified atom stereocenters. The summed E-state index contributed by atoms with van der Waals surface area (Å²) in [6.07, 6.45) is 5.17. The normalized spacial score (nSPS) is 10.4. The smallest absolute Gasteiger partial charge is 0.149 e. The topological polar surface area (TPSA) is 56.5 Å². The molecule has 0 saturated heterocycles. The van der Waals surface area contributed by atoms with E-state index in [0.29, 0.717) is 18.2 Å². The lowest BCUT2D eigenvalue weighted by Crippen LogP contribution is -2.04. The Bertz CT molecular complexity index is 399. The van der Waals surface area contributed by atoms with Crippen LogP contribution in [-0.4, -0.2) is 25.0 Å². The van der Waals surface area contributed by atoms with Gasteiger partial charge < -0.3 is 0 Å². The fraction of sp³-hybridized carbons (Fsp3) is 0.250. The van der Waals surface area contributed by atoms with Crippen molar-refractivity contribution in [2.24, 2.45) is 0 Å². The first-order chi connectivity index (χ1) is 6.88. The predicted octanol–water partition coefficient (Wildman–Crippen LogP) is 0.855. The van der Waals surface area contributed by atoms with E-state index in [1.54, 1.807) is 29.3 Å². The van der Waals surface area contributed by atoms with Crippen LogP contribution in [0.2, 0.25) is 0 Å². The summed E-state index contributed by atoms with van der Waals surface area (Å²) in [4.78, 5) is 8.15. The van der Waals surface area contributed by atoms with Crippen LogP contribution in [0.1, 0.15) is 11.5 Å². The second kappa shape index (κ2) is 4.15. The molecule has 0 radical (unpaired) electrons.